The van der Waals surface area contributed by atoms with E-state index >= 15 is 0 Å². The van der Waals surface area contributed by atoms with Gasteiger partial charge in [-0.25, -0.2) is 0 Å². The molecule has 6 aromatic rings. The van der Waals surface area contributed by atoms with Crippen LogP contribution in [0.5, 0.6) is 28.7 Å². The summed E-state index contributed by atoms with van der Waals surface area (Å²) in [7, 11) is -6.69. The van der Waals surface area contributed by atoms with Crippen molar-refractivity contribution in [3.8, 4) is 39.9 Å². The molecular weight excluding hydrogens is 905 g/mol. The Kier molecular flexibility index (Phi) is 19.9. The Morgan fingerprint density at radius 3 is 0.859 bits per heavy atom. The van der Waals surface area contributed by atoms with E-state index in [1.165, 1.54) is 53.4 Å². The van der Waals surface area contributed by atoms with Crippen LogP contribution in [0.4, 0.5) is 0 Å². The minimum Gasteiger partial charge on any atom is -0.494 e. The van der Waals surface area contributed by atoms with Gasteiger partial charge in [0.2, 0.25) is 0 Å². The molecule has 0 aliphatic carbocycles. The molecule has 0 aromatic heterocycles. The molecule has 5 nitrogen and oxygen atoms in total. The molecule has 0 spiro atoms. The summed E-state index contributed by atoms with van der Waals surface area (Å²) in [5, 5.41) is 8.31. The molecule has 6 aromatic carbocycles. The van der Waals surface area contributed by atoms with E-state index in [1.54, 1.807) is 0 Å². The van der Waals surface area contributed by atoms with Crippen LogP contribution in [0.1, 0.15) is 148 Å². The summed E-state index contributed by atoms with van der Waals surface area (Å²) in [6.45, 7) is 21.5. The fourth-order valence-corrected chi connectivity index (χ4v) is 30.9. The molecule has 0 N–H and O–H groups in total. The van der Waals surface area contributed by atoms with E-state index in [-0.39, 0.29) is 0 Å². The molecule has 7 heteroatoms. The van der Waals surface area contributed by atoms with Gasteiger partial charge in [-0.3, -0.25) is 0 Å². The highest BCUT2D eigenvalue weighted by molar-refractivity contribution is 7.68. The first-order valence-corrected chi connectivity index (χ1v) is 32.6. The summed E-state index contributed by atoms with van der Waals surface area (Å²) in [5.41, 5.74) is 6.07. The molecule has 0 amide bonds. The SMILES string of the molecule is CCCCCOc1ccc([Si]2(c3ccc(C)cc3)c3cc(C)c(OCCCCC)cc3-c3cc(OCCCCC)c(C)cc3[Si]2(c2ccc(OCCCCC)cc2)c2ccc(OCCCCC)cc2)cc1. The normalized spacial score (nSPS) is 14.6. The van der Waals surface area contributed by atoms with E-state index in [1.807, 2.05) is 0 Å². The van der Waals surface area contributed by atoms with E-state index in [4.69, 9.17) is 23.7 Å². The summed E-state index contributed by atoms with van der Waals surface area (Å²) in [6, 6.07) is 47.8. The molecule has 0 bridgehead atoms. The number of unbranched alkanes of at least 4 members (excludes halogenated alkanes) is 10. The summed E-state index contributed by atoms with van der Waals surface area (Å²) in [5.74, 6) is 4.67. The molecule has 71 heavy (non-hydrogen) atoms. The first-order valence-electron chi connectivity index (χ1n) is 27.6. The number of benzene rings is 6. The van der Waals surface area contributed by atoms with E-state index < -0.39 is 15.2 Å². The molecule has 1 heterocycles. The van der Waals surface area contributed by atoms with Crippen LogP contribution in [0, 0.1) is 20.8 Å². The molecule has 0 fully saturated rings. The Bertz CT molecular complexity index is 2500. The predicted octanol–water partition coefficient (Wildman–Crippen LogP) is 13.2. The van der Waals surface area contributed by atoms with Crippen LogP contribution in [-0.2, 0) is 0 Å². The second-order valence-electron chi connectivity index (χ2n) is 20.0. The van der Waals surface area contributed by atoms with Gasteiger partial charge in [0, 0.05) is 0 Å². The summed E-state index contributed by atoms with van der Waals surface area (Å²) in [6.07, 6.45) is 16.7. The van der Waals surface area contributed by atoms with Gasteiger partial charge in [-0.1, -0.05) is 198 Å². The first kappa shape index (κ1) is 53.6. The molecule has 1 aliphatic rings. The number of fused-ring (bicyclic) bond motifs is 3. The third kappa shape index (κ3) is 12.0. The molecule has 7 rings (SSSR count). The lowest BCUT2D eigenvalue weighted by Gasteiger charge is -2.54. The smallest absolute Gasteiger partial charge is 0.155 e. The first-order chi connectivity index (χ1) is 34.8. The van der Waals surface area contributed by atoms with Crippen LogP contribution < -0.4 is 54.8 Å². The average Bonchev–Trinajstić information content (AvgIpc) is 3.39. The molecule has 1 atom stereocenters. The Labute approximate surface area is 430 Å². The van der Waals surface area contributed by atoms with Crippen molar-refractivity contribution in [1.29, 1.82) is 0 Å². The Balaban J connectivity index is 1.62. The summed E-state index contributed by atoms with van der Waals surface area (Å²) in [4.78, 5) is 0. The maximum Gasteiger partial charge on any atom is 0.155 e. The summed E-state index contributed by atoms with van der Waals surface area (Å²) < 4.78 is 33.2. The van der Waals surface area contributed by atoms with Crippen molar-refractivity contribution in [2.75, 3.05) is 33.0 Å². The van der Waals surface area contributed by atoms with Crippen molar-refractivity contribution < 1.29 is 23.7 Å². The third-order valence-corrected chi connectivity index (χ3v) is 31.5. The van der Waals surface area contributed by atoms with Crippen LogP contribution in [0.15, 0.2) is 121 Å². The predicted molar refractivity (Wildman–Crippen MR) is 306 cm³/mol. The molecule has 0 saturated heterocycles. The number of rotatable bonds is 29. The largest absolute Gasteiger partial charge is 0.494 e. The molecule has 1 aliphatic heterocycles. The maximum absolute atomic E-state index is 6.83. The Hall–Kier alpha value is -5.25. The van der Waals surface area contributed by atoms with Crippen molar-refractivity contribution in [2.24, 2.45) is 0 Å². The van der Waals surface area contributed by atoms with Gasteiger partial charge in [0.1, 0.15) is 28.7 Å². The van der Waals surface area contributed by atoms with Gasteiger partial charge in [0.05, 0.1) is 33.0 Å². The maximum atomic E-state index is 6.83. The van der Waals surface area contributed by atoms with Crippen molar-refractivity contribution in [3.05, 3.63) is 138 Å². The van der Waals surface area contributed by atoms with Crippen LogP contribution in [0.25, 0.3) is 11.1 Å². The lowest BCUT2D eigenvalue weighted by atomic mass is 10.0. The van der Waals surface area contributed by atoms with Gasteiger partial charge in [-0.2, -0.15) is 0 Å². The number of aryl methyl sites for hydroxylation is 3. The van der Waals surface area contributed by atoms with Gasteiger partial charge >= 0.3 is 0 Å². The lowest BCUT2D eigenvalue weighted by Crippen LogP contribution is -2.95. The van der Waals surface area contributed by atoms with E-state index in [0.29, 0.717) is 33.0 Å². The van der Waals surface area contributed by atoms with Gasteiger partial charge in [-0.05, 0) is 134 Å². The zero-order chi connectivity index (χ0) is 50.1. The minimum atomic E-state index is -3.36. The van der Waals surface area contributed by atoms with Crippen molar-refractivity contribution in [1.82, 2.24) is 0 Å². The number of hydrogen-bond acceptors (Lipinski definition) is 5. The topological polar surface area (TPSA) is 46.2 Å². The van der Waals surface area contributed by atoms with Gasteiger partial charge in [0.25, 0.3) is 0 Å². The monoisotopic (exact) mass is 989 g/mol. The van der Waals surface area contributed by atoms with E-state index in [2.05, 4.69) is 177 Å². The average molecular weight is 990 g/mol. The quantitative estimate of drug-likeness (QED) is 0.0346. The zero-order valence-corrected chi connectivity index (χ0v) is 46.7. The Morgan fingerprint density at radius 2 is 0.577 bits per heavy atom. The highest BCUT2D eigenvalue weighted by Gasteiger charge is 2.65. The lowest BCUT2D eigenvalue weighted by molar-refractivity contribution is 0.304. The highest BCUT2D eigenvalue weighted by atomic mass is 29.3. The molecular formula is C64H84O5Si2. The van der Waals surface area contributed by atoms with Crippen molar-refractivity contribution in [3.63, 3.8) is 0 Å². The van der Waals surface area contributed by atoms with Crippen LogP contribution in [0.3, 0.4) is 0 Å². The standard InChI is InChI=1S/C64H84O5Si2/c1-9-14-19-40-65-52-26-34-56(35-27-52)70(55-32-24-49(6)25-33-55)63-45-50(7)61(68-43-22-17-12-4)47-59(63)60-48-62(69-44-23-18-13-5)51(8)46-64(60)71(70,57-36-28-53(29-37-57)66-41-20-15-10-2)58-38-30-54(31-39-58)67-42-21-16-11-3/h24-39,45-48H,9-23,40-44H2,1-8H3. The number of hydrogen-bond donors (Lipinski definition) is 0. The molecule has 1 unspecified atom stereocenters. The number of ether oxygens (including phenoxy) is 5. The van der Waals surface area contributed by atoms with Gasteiger partial charge in [-0.15, -0.1) is 0 Å². The highest BCUT2D eigenvalue weighted by Crippen LogP contribution is 2.39. The van der Waals surface area contributed by atoms with Crippen molar-refractivity contribution >= 4 is 46.3 Å². The second-order valence-corrected chi connectivity index (χ2v) is 30.9. The zero-order valence-electron chi connectivity index (χ0n) is 44.7. The van der Waals surface area contributed by atoms with Crippen LogP contribution in [0.2, 0.25) is 0 Å². The van der Waals surface area contributed by atoms with Gasteiger partial charge in [0.15, 0.2) is 15.2 Å². The minimum absolute atomic E-state index is 0.691. The molecule has 378 valence electrons. The fraction of sp³-hybridized carbons (Fsp3) is 0.438. The van der Waals surface area contributed by atoms with Gasteiger partial charge < -0.3 is 23.7 Å². The fourth-order valence-electron chi connectivity index (χ4n) is 10.9. The Morgan fingerprint density at radius 1 is 0.310 bits per heavy atom. The van der Waals surface area contributed by atoms with Crippen LogP contribution >= 0.6 is 0 Å². The van der Waals surface area contributed by atoms with Crippen LogP contribution in [-0.4, -0.2) is 48.2 Å². The molecule has 0 saturated carbocycles. The second kappa shape index (κ2) is 26.4. The van der Waals surface area contributed by atoms with E-state index in [0.717, 1.165) is 131 Å². The van der Waals surface area contributed by atoms with E-state index in [9.17, 15) is 0 Å². The third-order valence-electron chi connectivity index (χ3n) is 14.7. The summed E-state index contributed by atoms with van der Waals surface area (Å²) >= 11 is 0. The molecule has 0 radical (unpaired) electrons. The van der Waals surface area contributed by atoms with Crippen molar-refractivity contribution in [2.45, 2.75) is 152 Å².